The van der Waals surface area contributed by atoms with Crippen LogP contribution in [-0.2, 0) is 4.79 Å². The van der Waals surface area contributed by atoms with Gasteiger partial charge in [0.15, 0.2) is 5.78 Å². The summed E-state index contributed by atoms with van der Waals surface area (Å²) >= 11 is 1.27. The highest BCUT2D eigenvalue weighted by molar-refractivity contribution is 8.13. The summed E-state index contributed by atoms with van der Waals surface area (Å²) in [6, 6.07) is 3.84. The van der Waals surface area contributed by atoms with Crippen molar-refractivity contribution in [2.45, 2.75) is 6.92 Å². The van der Waals surface area contributed by atoms with E-state index in [4.69, 9.17) is 0 Å². The van der Waals surface area contributed by atoms with E-state index in [0.29, 0.717) is 10.7 Å². The van der Waals surface area contributed by atoms with Crippen LogP contribution >= 0.6 is 11.8 Å². The van der Waals surface area contributed by atoms with E-state index in [1.54, 1.807) is 6.26 Å². The SMILES string of the molecule is CSC1=Nc2ccc(F)cc2C(=O)C1C(C)=O. The number of fused-ring (bicyclic) bond motifs is 1. The third-order valence-electron chi connectivity index (χ3n) is 2.58. The first-order valence-corrected chi connectivity index (χ1v) is 6.24. The molecule has 88 valence electrons. The number of carbonyl (C=O) groups is 2. The van der Waals surface area contributed by atoms with Gasteiger partial charge in [0.05, 0.1) is 10.7 Å². The molecule has 5 heteroatoms. The highest BCUT2D eigenvalue weighted by Gasteiger charge is 2.34. The number of thioether (sulfide) groups is 1. The van der Waals surface area contributed by atoms with Gasteiger partial charge in [-0.15, -0.1) is 11.8 Å². The first kappa shape index (κ1) is 12.0. The Morgan fingerprint density at radius 3 is 2.76 bits per heavy atom. The monoisotopic (exact) mass is 251 g/mol. The Morgan fingerprint density at radius 1 is 1.47 bits per heavy atom. The maximum absolute atomic E-state index is 13.1. The van der Waals surface area contributed by atoms with E-state index in [1.807, 2.05) is 0 Å². The standard InChI is InChI=1S/C12H10FNO2S/c1-6(15)10-11(16)8-5-7(13)3-4-9(8)14-12(10)17-2/h3-5,10H,1-2H3. The molecule has 0 aromatic heterocycles. The van der Waals surface area contributed by atoms with Gasteiger partial charge in [-0.3, -0.25) is 9.59 Å². The average Bonchev–Trinajstić information content (AvgIpc) is 2.29. The largest absolute Gasteiger partial charge is 0.299 e. The number of ketones is 2. The fourth-order valence-electron chi connectivity index (χ4n) is 1.78. The molecule has 0 fully saturated rings. The molecule has 1 aliphatic heterocycles. The minimum Gasteiger partial charge on any atom is -0.299 e. The summed E-state index contributed by atoms with van der Waals surface area (Å²) in [6.45, 7) is 1.35. The van der Waals surface area contributed by atoms with Gasteiger partial charge in [0.25, 0.3) is 0 Å². The Hall–Kier alpha value is -1.49. The number of nitrogens with zero attached hydrogens (tertiary/aromatic N) is 1. The molecule has 3 nitrogen and oxygen atoms in total. The van der Waals surface area contributed by atoms with Crippen LogP contribution in [-0.4, -0.2) is 22.9 Å². The molecule has 1 heterocycles. The van der Waals surface area contributed by atoms with Crippen molar-refractivity contribution >= 4 is 34.1 Å². The lowest BCUT2D eigenvalue weighted by atomic mass is 9.91. The zero-order valence-electron chi connectivity index (χ0n) is 9.36. The molecule has 17 heavy (non-hydrogen) atoms. The summed E-state index contributed by atoms with van der Waals surface area (Å²) < 4.78 is 13.1. The van der Waals surface area contributed by atoms with Crippen molar-refractivity contribution < 1.29 is 14.0 Å². The maximum atomic E-state index is 13.1. The van der Waals surface area contributed by atoms with Gasteiger partial charge >= 0.3 is 0 Å². The zero-order valence-corrected chi connectivity index (χ0v) is 10.2. The van der Waals surface area contributed by atoms with Crippen molar-refractivity contribution in [2.75, 3.05) is 6.26 Å². The van der Waals surface area contributed by atoms with Crippen molar-refractivity contribution in [1.29, 1.82) is 0 Å². The van der Waals surface area contributed by atoms with Crippen LogP contribution in [0.5, 0.6) is 0 Å². The summed E-state index contributed by atoms with van der Waals surface area (Å²) in [7, 11) is 0. The van der Waals surface area contributed by atoms with Crippen molar-refractivity contribution in [3.8, 4) is 0 Å². The van der Waals surface area contributed by atoms with Gasteiger partial charge in [0, 0.05) is 5.56 Å². The summed E-state index contributed by atoms with van der Waals surface area (Å²) in [5.74, 6) is -2.01. The Balaban J connectivity index is 2.61. The molecule has 0 N–H and O–H groups in total. The molecular weight excluding hydrogens is 241 g/mol. The van der Waals surface area contributed by atoms with E-state index in [0.717, 1.165) is 6.07 Å². The Morgan fingerprint density at radius 2 is 2.18 bits per heavy atom. The van der Waals surface area contributed by atoms with E-state index < -0.39 is 11.7 Å². The number of hydrogen-bond donors (Lipinski definition) is 0. The highest BCUT2D eigenvalue weighted by Crippen LogP contribution is 2.32. The second-order valence-electron chi connectivity index (χ2n) is 3.72. The highest BCUT2D eigenvalue weighted by atomic mass is 32.2. The zero-order chi connectivity index (χ0) is 12.6. The van der Waals surface area contributed by atoms with E-state index >= 15 is 0 Å². The smallest absolute Gasteiger partial charge is 0.182 e. The molecular formula is C12H10FNO2S. The number of rotatable bonds is 1. The van der Waals surface area contributed by atoms with E-state index in [9.17, 15) is 14.0 Å². The molecule has 1 aromatic carbocycles. The molecule has 0 radical (unpaired) electrons. The first-order chi connectivity index (χ1) is 8.04. The molecule has 1 aliphatic rings. The molecule has 0 aliphatic carbocycles. The molecule has 0 saturated carbocycles. The van der Waals surface area contributed by atoms with Crippen LogP contribution in [0.4, 0.5) is 10.1 Å². The maximum Gasteiger partial charge on any atom is 0.182 e. The van der Waals surface area contributed by atoms with Gasteiger partial charge in [-0.25, -0.2) is 9.38 Å². The van der Waals surface area contributed by atoms with Crippen molar-refractivity contribution in [1.82, 2.24) is 0 Å². The van der Waals surface area contributed by atoms with Crippen molar-refractivity contribution in [3.05, 3.63) is 29.6 Å². The van der Waals surface area contributed by atoms with Gasteiger partial charge in [-0.2, -0.15) is 0 Å². The fourth-order valence-corrected chi connectivity index (χ4v) is 2.47. The van der Waals surface area contributed by atoms with E-state index in [-0.39, 0.29) is 17.1 Å². The molecule has 0 amide bonds. The Labute approximate surface area is 102 Å². The number of benzene rings is 1. The molecule has 1 aromatic rings. The van der Waals surface area contributed by atoms with Gasteiger partial charge < -0.3 is 0 Å². The Bertz CT molecular complexity index is 539. The van der Waals surface area contributed by atoms with E-state index in [1.165, 1.54) is 30.8 Å². The van der Waals surface area contributed by atoms with Crippen LogP contribution in [0, 0.1) is 11.7 Å². The lowest BCUT2D eigenvalue weighted by molar-refractivity contribution is -0.117. The van der Waals surface area contributed by atoms with Crippen molar-refractivity contribution in [2.24, 2.45) is 10.9 Å². The molecule has 0 spiro atoms. The minimum absolute atomic E-state index is 0.183. The number of halogens is 1. The van der Waals surface area contributed by atoms with Crippen LogP contribution < -0.4 is 0 Å². The second-order valence-corrected chi connectivity index (χ2v) is 4.55. The summed E-state index contributed by atoms with van der Waals surface area (Å²) in [5.41, 5.74) is 0.612. The Kier molecular flexibility index (Phi) is 3.11. The summed E-state index contributed by atoms with van der Waals surface area (Å²) in [5, 5.41) is 0.474. The molecule has 0 bridgehead atoms. The van der Waals surface area contributed by atoms with Crippen LogP contribution in [0.2, 0.25) is 0 Å². The third kappa shape index (κ3) is 2.02. The van der Waals surface area contributed by atoms with Crippen LogP contribution in [0.3, 0.4) is 0 Å². The van der Waals surface area contributed by atoms with Crippen molar-refractivity contribution in [3.63, 3.8) is 0 Å². The third-order valence-corrected chi connectivity index (χ3v) is 3.32. The predicted octanol–water partition coefficient (Wildman–Crippen LogP) is 2.62. The second kappa shape index (κ2) is 4.41. The van der Waals surface area contributed by atoms with E-state index in [2.05, 4.69) is 4.99 Å². The van der Waals surface area contributed by atoms with Crippen LogP contribution in [0.15, 0.2) is 23.2 Å². The average molecular weight is 251 g/mol. The fraction of sp³-hybridized carbons (Fsp3) is 0.250. The molecule has 0 saturated heterocycles. The summed E-state index contributed by atoms with van der Waals surface area (Å²) in [6.07, 6.45) is 1.76. The lowest BCUT2D eigenvalue weighted by Gasteiger charge is -2.20. The molecule has 2 rings (SSSR count). The normalized spacial score (nSPS) is 18.6. The minimum atomic E-state index is -0.876. The molecule has 1 unspecified atom stereocenters. The number of aliphatic imine (C=N–C) groups is 1. The lowest BCUT2D eigenvalue weighted by Crippen LogP contribution is -2.31. The first-order valence-electron chi connectivity index (χ1n) is 5.01. The summed E-state index contributed by atoms with van der Waals surface area (Å²) in [4.78, 5) is 27.8. The van der Waals surface area contributed by atoms with Gasteiger partial charge in [-0.05, 0) is 31.4 Å². The van der Waals surface area contributed by atoms with Gasteiger partial charge in [-0.1, -0.05) is 0 Å². The quantitative estimate of drug-likeness (QED) is 0.721. The molecule has 1 atom stereocenters. The number of Topliss-reactive ketones (excluding diaryl/α,β-unsaturated/α-hetero) is 2. The van der Waals surface area contributed by atoms with Crippen LogP contribution in [0.25, 0.3) is 0 Å². The van der Waals surface area contributed by atoms with Gasteiger partial charge in [0.2, 0.25) is 0 Å². The topological polar surface area (TPSA) is 46.5 Å². The van der Waals surface area contributed by atoms with Crippen LogP contribution in [0.1, 0.15) is 17.3 Å². The number of hydrogen-bond acceptors (Lipinski definition) is 4. The van der Waals surface area contributed by atoms with Gasteiger partial charge in [0.1, 0.15) is 17.5 Å². The number of carbonyl (C=O) groups excluding carboxylic acids is 2. The predicted molar refractivity (Wildman–Crippen MR) is 65.5 cm³/mol.